The standard InChI is InChI=1S/C28H34N2O/c1-19-7-10-24-25-15-22-18-30(17-20-8-9-20)12-11-28(22,16-27(25)29(2)26(24)13-19)21-5-4-6-23(14-21)31-3/h4-7,10,13-14,20,22H,8-9,11-12,15-18H2,1-3H3. The molecular weight excluding hydrogens is 380 g/mol. The van der Waals surface area contributed by atoms with E-state index >= 15 is 0 Å². The van der Waals surface area contributed by atoms with Gasteiger partial charge >= 0.3 is 0 Å². The summed E-state index contributed by atoms with van der Waals surface area (Å²) in [6.07, 6.45) is 6.46. The first-order chi connectivity index (χ1) is 15.1. The van der Waals surface area contributed by atoms with E-state index in [1.807, 2.05) is 0 Å². The molecule has 3 nitrogen and oxygen atoms in total. The van der Waals surface area contributed by atoms with Gasteiger partial charge in [0, 0.05) is 42.1 Å². The molecular formula is C28H34N2O. The number of methoxy groups -OCH3 is 1. The summed E-state index contributed by atoms with van der Waals surface area (Å²) < 4.78 is 8.14. The first-order valence-corrected chi connectivity index (χ1v) is 12.0. The van der Waals surface area contributed by atoms with E-state index in [4.69, 9.17) is 4.74 Å². The molecule has 162 valence electrons. The molecule has 6 rings (SSSR count). The van der Waals surface area contributed by atoms with Gasteiger partial charge in [0.05, 0.1) is 7.11 Å². The summed E-state index contributed by atoms with van der Waals surface area (Å²) in [4.78, 5) is 2.78. The van der Waals surface area contributed by atoms with E-state index in [-0.39, 0.29) is 5.41 Å². The number of hydrogen-bond acceptors (Lipinski definition) is 2. The summed E-state index contributed by atoms with van der Waals surface area (Å²) in [5.74, 6) is 2.61. The highest BCUT2D eigenvalue weighted by atomic mass is 16.5. The summed E-state index contributed by atoms with van der Waals surface area (Å²) in [6, 6.07) is 16.0. The van der Waals surface area contributed by atoms with E-state index in [0.29, 0.717) is 5.92 Å². The third-order valence-electron chi connectivity index (χ3n) is 8.52. The third-order valence-corrected chi connectivity index (χ3v) is 8.52. The summed E-state index contributed by atoms with van der Waals surface area (Å²) in [6.45, 7) is 5.98. The van der Waals surface area contributed by atoms with Crippen LogP contribution in [0.15, 0.2) is 42.5 Å². The molecule has 1 aliphatic heterocycles. The maximum absolute atomic E-state index is 5.64. The van der Waals surface area contributed by atoms with Gasteiger partial charge in [-0.3, -0.25) is 0 Å². The highest BCUT2D eigenvalue weighted by molar-refractivity contribution is 5.86. The van der Waals surface area contributed by atoms with E-state index in [1.54, 1.807) is 18.4 Å². The molecule has 0 amide bonds. The number of nitrogens with zero attached hydrogens (tertiary/aromatic N) is 2. The molecule has 3 aromatic rings. The second kappa shape index (κ2) is 7.13. The number of piperidine rings is 1. The summed E-state index contributed by atoms with van der Waals surface area (Å²) in [5.41, 5.74) is 7.60. The van der Waals surface area contributed by atoms with Crippen molar-refractivity contribution in [2.75, 3.05) is 26.7 Å². The van der Waals surface area contributed by atoms with Crippen LogP contribution in [0.3, 0.4) is 0 Å². The molecule has 3 heteroatoms. The van der Waals surface area contributed by atoms with E-state index in [2.05, 4.69) is 65.9 Å². The van der Waals surface area contributed by atoms with Gasteiger partial charge in [0.25, 0.3) is 0 Å². The van der Waals surface area contributed by atoms with Crippen LogP contribution in [0, 0.1) is 18.8 Å². The zero-order chi connectivity index (χ0) is 21.2. The second-order valence-corrected chi connectivity index (χ2v) is 10.4. The molecule has 3 aliphatic rings. The molecule has 2 aromatic carbocycles. The molecule has 0 radical (unpaired) electrons. The van der Waals surface area contributed by atoms with Crippen LogP contribution in [0.4, 0.5) is 0 Å². The average Bonchev–Trinajstić information content (AvgIpc) is 3.57. The molecule has 2 atom stereocenters. The maximum atomic E-state index is 5.64. The lowest BCUT2D eigenvalue weighted by Crippen LogP contribution is -2.54. The topological polar surface area (TPSA) is 17.4 Å². The number of aromatic nitrogens is 1. The lowest BCUT2D eigenvalue weighted by atomic mass is 9.58. The van der Waals surface area contributed by atoms with Gasteiger partial charge in [0.15, 0.2) is 0 Å². The molecule has 0 spiro atoms. The van der Waals surface area contributed by atoms with E-state index in [9.17, 15) is 0 Å². The van der Waals surface area contributed by atoms with Gasteiger partial charge < -0.3 is 14.2 Å². The Labute approximate surface area is 186 Å². The fourth-order valence-corrected chi connectivity index (χ4v) is 6.55. The molecule has 2 fully saturated rings. The Morgan fingerprint density at radius 3 is 2.81 bits per heavy atom. The van der Waals surface area contributed by atoms with E-state index in [1.165, 1.54) is 67.3 Å². The Balaban J connectivity index is 1.47. The van der Waals surface area contributed by atoms with Crippen molar-refractivity contribution in [3.8, 4) is 5.75 Å². The number of likely N-dealkylation sites (tertiary alicyclic amines) is 1. The normalized spacial score (nSPS) is 26.0. The van der Waals surface area contributed by atoms with Gasteiger partial charge in [-0.2, -0.15) is 0 Å². The molecule has 0 N–H and O–H groups in total. The van der Waals surface area contributed by atoms with Gasteiger partial charge in [0.2, 0.25) is 0 Å². The van der Waals surface area contributed by atoms with Crippen LogP contribution in [0.5, 0.6) is 5.75 Å². The first kappa shape index (κ1) is 19.4. The van der Waals surface area contributed by atoms with Gasteiger partial charge in [0.1, 0.15) is 5.75 Å². The fourth-order valence-electron chi connectivity index (χ4n) is 6.55. The molecule has 31 heavy (non-hydrogen) atoms. The zero-order valence-corrected chi connectivity index (χ0v) is 19.2. The van der Waals surface area contributed by atoms with Crippen molar-refractivity contribution >= 4 is 10.9 Å². The molecule has 1 saturated heterocycles. The van der Waals surface area contributed by atoms with Crippen molar-refractivity contribution in [3.05, 3.63) is 64.8 Å². The minimum atomic E-state index is 0.207. The Morgan fingerprint density at radius 2 is 2.00 bits per heavy atom. The Morgan fingerprint density at radius 1 is 1.13 bits per heavy atom. The average molecular weight is 415 g/mol. The van der Waals surface area contributed by atoms with Crippen LogP contribution < -0.4 is 4.74 Å². The van der Waals surface area contributed by atoms with Crippen LogP contribution in [0.2, 0.25) is 0 Å². The largest absolute Gasteiger partial charge is 0.497 e. The van der Waals surface area contributed by atoms with Crippen LogP contribution in [-0.4, -0.2) is 36.2 Å². The summed E-state index contributed by atoms with van der Waals surface area (Å²) in [7, 11) is 4.07. The lowest BCUT2D eigenvalue weighted by molar-refractivity contribution is 0.0776. The molecule has 2 heterocycles. The highest BCUT2D eigenvalue weighted by Gasteiger charge is 2.49. The number of hydrogen-bond donors (Lipinski definition) is 0. The van der Waals surface area contributed by atoms with Gasteiger partial charge in [-0.15, -0.1) is 0 Å². The SMILES string of the molecule is COc1cccc(C23CCN(CC4CC4)CC2Cc2c(n(C)c4cc(C)ccc24)C3)c1. The predicted octanol–water partition coefficient (Wildman–Crippen LogP) is 5.26. The van der Waals surface area contributed by atoms with Crippen LogP contribution in [-0.2, 0) is 25.3 Å². The third kappa shape index (κ3) is 3.12. The molecule has 1 saturated carbocycles. The Hall–Kier alpha value is -2.26. The molecule has 0 bridgehead atoms. The Bertz CT molecular complexity index is 1140. The van der Waals surface area contributed by atoms with Crippen molar-refractivity contribution in [2.45, 2.75) is 44.4 Å². The van der Waals surface area contributed by atoms with Crippen LogP contribution in [0.25, 0.3) is 10.9 Å². The summed E-state index contributed by atoms with van der Waals surface area (Å²) >= 11 is 0. The number of rotatable bonds is 4. The number of aryl methyl sites for hydroxylation is 2. The number of ether oxygens (including phenoxy) is 1. The van der Waals surface area contributed by atoms with E-state index in [0.717, 1.165) is 18.1 Å². The number of benzene rings is 2. The van der Waals surface area contributed by atoms with Crippen molar-refractivity contribution in [1.29, 1.82) is 0 Å². The number of fused-ring (bicyclic) bond motifs is 4. The smallest absolute Gasteiger partial charge is 0.119 e. The highest BCUT2D eigenvalue weighted by Crippen LogP contribution is 2.50. The minimum absolute atomic E-state index is 0.207. The van der Waals surface area contributed by atoms with Gasteiger partial charge in [-0.05, 0) is 92.3 Å². The predicted molar refractivity (Wildman–Crippen MR) is 127 cm³/mol. The van der Waals surface area contributed by atoms with Crippen molar-refractivity contribution < 1.29 is 4.74 Å². The lowest BCUT2D eigenvalue weighted by Gasteiger charge is -2.51. The quantitative estimate of drug-likeness (QED) is 0.579. The zero-order valence-electron chi connectivity index (χ0n) is 19.2. The first-order valence-electron chi connectivity index (χ1n) is 12.0. The van der Waals surface area contributed by atoms with Gasteiger partial charge in [-0.25, -0.2) is 0 Å². The Kier molecular flexibility index (Phi) is 4.47. The van der Waals surface area contributed by atoms with Crippen LogP contribution in [0.1, 0.15) is 41.6 Å². The second-order valence-electron chi connectivity index (χ2n) is 10.4. The minimum Gasteiger partial charge on any atom is -0.497 e. The van der Waals surface area contributed by atoms with Crippen molar-refractivity contribution in [3.63, 3.8) is 0 Å². The fraction of sp³-hybridized carbons (Fsp3) is 0.500. The van der Waals surface area contributed by atoms with Gasteiger partial charge in [-0.1, -0.05) is 24.3 Å². The van der Waals surface area contributed by atoms with Crippen molar-refractivity contribution in [2.24, 2.45) is 18.9 Å². The van der Waals surface area contributed by atoms with Crippen LogP contribution >= 0.6 is 0 Å². The molecule has 2 aliphatic carbocycles. The maximum Gasteiger partial charge on any atom is 0.119 e. The van der Waals surface area contributed by atoms with E-state index < -0.39 is 0 Å². The monoisotopic (exact) mass is 414 g/mol. The summed E-state index contributed by atoms with van der Waals surface area (Å²) in [5, 5.41) is 1.47. The molecule has 1 aromatic heterocycles. The molecule has 2 unspecified atom stereocenters. The van der Waals surface area contributed by atoms with Crippen molar-refractivity contribution in [1.82, 2.24) is 9.47 Å².